The average molecular weight is 265 g/mol. The Morgan fingerprint density at radius 2 is 1.85 bits per heavy atom. The van der Waals surface area contributed by atoms with Gasteiger partial charge >= 0.3 is 6.09 Å². The molecule has 20 heavy (non-hydrogen) atoms. The molecule has 0 aliphatic carbocycles. The fourth-order valence-corrected chi connectivity index (χ4v) is 1.75. The Bertz CT molecular complexity index is 744. The zero-order valence-corrected chi connectivity index (χ0v) is 10.5. The highest BCUT2D eigenvalue weighted by atomic mass is 16.6. The summed E-state index contributed by atoms with van der Waals surface area (Å²) in [6.45, 7) is 0. The summed E-state index contributed by atoms with van der Waals surface area (Å²) in [7, 11) is 0. The highest BCUT2D eigenvalue weighted by molar-refractivity contribution is 5.86. The van der Waals surface area contributed by atoms with Crippen molar-refractivity contribution >= 4 is 22.8 Å². The molecular weight excluding hydrogens is 254 g/mol. The number of para-hydroxylation sites is 1. The van der Waals surface area contributed by atoms with Crippen molar-refractivity contribution in [2.24, 2.45) is 0 Å². The molecule has 0 bridgehead atoms. The van der Waals surface area contributed by atoms with E-state index in [1.54, 1.807) is 30.5 Å². The fraction of sp³-hybridized carbons (Fsp3) is 0. The lowest BCUT2D eigenvalue weighted by Gasteiger charge is -2.06. The predicted octanol–water partition coefficient (Wildman–Crippen LogP) is 3.24. The Balaban J connectivity index is 1.74. The Hall–Kier alpha value is -2.95. The molecule has 0 saturated carbocycles. The van der Waals surface area contributed by atoms with Crippen molar-refractivity contribution in [2.75, 3.05) is 5.32 Å². The zero-order valence-electron chi connectivity index (χ0n) is 10.5. The summed E-state index contributed by atoms with van der Waals surface area (Å²) in [5, 5.41) is 3.51. The van der Waals surface area contributed by atoms with Gasteiger partial charge in [-0.15, -0.1) is 0 Å². The van der Waals surface area contributed by atoms with E-state index < -0.39 is 6.09 Å². The van der Waals surface area contributed by atoms with Crippen molar-refractivity contribution in [1.29, 1.82) is 0 Å². The minimum Gasteiger partial charge on any atom is -0.391 e. The van der Waals surface area contributed by atoms with E-state index in [1.807, 2.05) is 30.3 Å². The van der Waals surface area contributed by atoms with E-state index in [0.717, 1.165) is 5.39 Å². The number of aromatic nitrogens is 2. The summed E-state index contributed by atoms with van der Waals surface area (Å²) in [5.41, 5.74) is 1.20. The summed E-state index contributed by atoms with van der Waals surface area (Å²) in [4.78, 5) is 20.0. The second kappa shape index (κ2) is 5.36. The van der Waals surface area contributed by atoms with E-state index >= 15 is 0 Å². The molecule has 0 aliphatic rings. The molecule has 2 aromatic heterocycles. The van der Waals surface area contributed by atoms with Gasteiger partial charge in [0.2, 0.25) is 5.88 Å². The van der Waals surface area contributed by atoms with Gasteiger partial charge in [-0.2, -0.15) is 4.98 Å². The van der Waals surface area contributed by atoms with Gasteiger partial charge in [-0.05, 0) is 30.3 Å². The van der Waals surface area contributed by atoms with Crippen LogP contribution in [0.5, 0.6) is 5.88 Å². The topological polar surface area (TPSA) is 64.1 Å². The molecule has 0 spiro atoms. The summed E-state index contributed by atoms with van der Waals surface area (Å²) in [6, 6.07) is 16.2. The molecule has 1 N–H and O–H groups in total. The first-order valence-electron chi connectivity index (χ1n) is 6.07. The lowest BCUT2D eigenvalue weighted by molar-refractivity contribution is 0.213. The van der Waals surface area contributed by atoms with E-state index in [0.29, 0.717) is 11.3 Å². The number of nitrogens with one attached hydrogen (secondary N) is 1. The average Bonchev–Trinajstić information content (AvgIpc) is 2.48. The van der Waals surface area contributed by atoms with Crippen molar-refractivity contribution < 1.29 is 9.53 Å². The molecule has 1 aromatic carbocycles. The second-order valence-electron chi connectivity index (χ2n) is 4.08. The minimum absolute atomic E-state index is 0.213. The lowest BCUT2D eigenvalue weighted by Crippen LogP contribution is -2.17. The molecule has 5 nitrogen and oxygen atoms in total. The van der Waals surface area contributed by atoms with Crippen LogP contribution >= 0.6 is 0 Å². The molecule has 5 heteroatoms. The van der Waals surface area contributed by atoms with Gasteiger partial charge in [-0.1, -0.05) is 18.2 Å². The number of pyridine rings is 2. The monoisotopic (exact) mass is 265 g/mol. The summed E-state index contributed by atoms with van der Waals surface area (Å²) >= 11 is 0. The van der Waals surface area contributed by atoms with Crippen LogP contribution in [0.25, 0.3) is 11.0 Å². The van der Waals surface area contributed by atoms with Gasteiger partial charge in [0.15, 0.2) is 5.65 Å². The lowest BCUT2D eigenvalue weighted by atomic mass is 10.3. The number of hydrogen-bond acceptors (Lipinski definition) is 4. The maximum absolute atomic E-state index is 11.7. The van der Waals surface area contributed by atoms with Gasteiger partial charge < -0.3 is 4.74 Å². The Morgan fingerprint density at radius 3 is 2.70 bits per heavy atom. The molecule has 0 radical (unpaired) electrons. The van der Waals surface area contributed by atoms with Gasteiger partial charge in [0, 0.05) is 23.3 Å². The molecule has 1 amide bonds. The standard InChI is InChI=1S/C15H11N3O2/c19-15(17-12-6-2-1-3-7-12)20-13-9-8-11-5-4-10-16-14(11)18-13/h1-10H,(H,17,19). The van der Waals surface area contributed by atoms with Crippen molar-refractivity contribution in [3.05, 3.63) is 60.8 Å². The zero-order chi connectivity index (χ0) is 13.8. The molecule has 0 atom stereocenters. The third-order valence-corrected chi connectivity index (χ3v) is 2.66. The second-order valence-corrected chi connectivity index (χ2v) is 4.08. The number of ether oxygens (including phenoxy) is 1. The smallest absolute Gasteiger partial charge is 0.391 e. The molecule has 98 valence electrons. The van der Waals surface area contributed by atoms with Gasteiger partial charge in [0.25, 0.3) is 0 Å². The molecule has 2 heterocycles. The van der Waals surface area contributed by atoms with Crippen molar-refractivity contribution in [2.45, 2.75) is 0 Å². The quantitative estimate of drug-likeness (QED) is 0.772. The van der Waals surface area contributed by atoms with E-state index in [1.165, 1.54) is 0 Å². The van der Waals surface area contributed by atoms with Crippen LogP contribution in [0.3, 0.4) is 0 Å². The number of hydrogen-bond donors (Lipinski definition) is 1. The summed E-state index contributed by atoms with van der Waals surface area (Å²) in [6.07, 6.45) is 1.06. The minimum atomic E-state index is -0.584. The number of nitrogens with zero attached hydrogens (tertiary/aromatic N) is 2. The SMILES string of the molecule is O=C(Nc1ccccc1)Oc1ccc2cccnc2n1. The van der Waals surface area contributed by atoms with Crippen LogP contribution in [-0.4, -0.2) is 16.1 Å². The van der Waals surface area contributed by atoms with Crippen LogP contribution < -0.4 is 10.1 Å². The maximum atomic E-state index is 11.7. The number of amides is 1. The number of carbonyl (C=O) groups is 1. The fourth-order valence-electron chi connectivity index (χ4n) is 1.75. The van der Waals surface area contributed by atoms with Crippen LogP contribution in [-0.2, 0) is 0 Å². The largest absolute Gasteiger partial charge is 0.418 e. The third kappa shape index (κ3) is 2.72. The Kier molecular flexibility index (Phi) is 3.24. The van der Waals surface area contributed by atoms with Crippen LogP contribution in [0.15, 0.2) is 60.8 Å². The number of anilines is 1. The van der Waals surface area contributed by atoms with E-state index in [-0.39, 0.29) is 5.88 Å². The van der Waals surface area contributed by atoms with Crippen molar-refractivity contribution in [3.63, 3.8) is 0 Å². The van der Waals surface area contributed by atoms with E-state index in [4.69, 9.17) is 4.74 Å². The molecule has 0 unspecified atom stereocenters. The molecule has 3 aromatic rings. The third-order valence-electron chi connectivity index (χ3n) is 2.66. The molecule has 0 saturated heterocycles. The van der Waals surface area contributed by atoms with Gasteiger partial charge in [0.1, 0.15) is 0 Å². The normalized spacial score (nSPS) is 10.2. The van der Waals surface area contributed by atoms with E-state index in [2.05, 4.69) is 15.3 Å². The maximum Gasteiger partial charge on any atom is 0.418 e. The number of benzene rings is 1. The van der Waals surface area contributed by atoms with Gasteiger partial charge in [0.05, 0.1) is 0 Å². The Labute approximate surface area is 115 Å². The van der Waals surface area contributed by atoms with Gasteiger partial charge in [-0.3, -0.25) is 5.32 Å². The first-order valence-corrected chi connectivity index (χ1v) is 6.07. The highest BCUT2D eigenvalue weighted by Gasteiger charge is 2.06. The first-order chi connectivity index (χ1) is 9.81. The van der Waals surface area contributed by atoms with Crippen LogP contribution in [0.1, 0.15) is 0 Å². The van der Waals surface area contributed by atoms with Crippen LogP contribution in [0.2, 0.25) is 0 Å². The first kappa shape index (κ1) is 12.1. The predicted molar refractivity (Wildman–Crippen MR) is 75.6 cm³/mol. The van der Waals surface area contributed by atoms with Gasteiger partial charge in [-0.25, -0.2) is 9.78 Å². The van der Waals surface area contributed by atoms with Crippen molar-refractivity contribution in [3.8, 4) is 5.88 Å². The van der Waals surface area contributed by atoms with Crippen LogP contribution in [0, 0.1) is 0 Å². The summed E-state index contributed by atoms with van der Waals surface area (Å²) in [5.74, 6) is 0.213. The van der Waals surface area contributed by atoms with E-state index in [9.17, 15) is 4.79 Å². The Morgan fingerprint density at radius 1 is 1.00 bits per heavy atom. The molecule has 0 fully saturated rings. The summed E-state index contributed by atoms with van der Waals surface area (Å²) < 4.78 is 5.13. The number of fused-ring (bicyclic) bond motifs is 1. The number of carbonyl (C=O) groups excluding carboxylic acids is 1. The number of rotatable bonds is 2. The van der Waals surface area contributed by atoms with Crippen LogP contribution in [0.4, 0.5) is 10.5 Å². The molecular formula is C15H11N3O2. The molecule has 3 rings (SSSR count). The van der Waals surface area contributed by atoms with Crippen molar-refractivity contribution in [1.82, 2.24) is 9.97 Å². The highest BCUT2D eigenvalue weighted by Crippen LogP contribution is 2.15. The molecule has 0 aliphatic heterocycles.